The van der Waals surface area contributed by atoms with Crippen LogP contribution >= 0.6 is 0 Å². The SMILES string of the molecule is Cc1ccc(NCCCCC(C)C)cc1. The van der Waals surface area contributed by atoms with E-state index in [1.165, 1.54) is 30.5 Å². The molecule has 1 aromatic rings. The third-order valence-corrected chi connectivity index (χ3v) is 2.59. The first-order valence-electron chi connectivity index (χ1n) is 5.99. The minimum Gasteiger partial charge on any atom is -0.385 e. The number of anilines is 1. The van der Waals surface area contributed by atoms with Crippen LogP contribution in [0.1, 0.15) is 38.7 Å². The Bertz CT molecular complexity index is 261. The van der Waals surface area contributed by atoms with Gasteiger partial charge in [0.15, 0.2) is 0 Å². The summed E-state index contributed by atoms with van der Waals surface area (Å²) in [6.45, 7) is 7.78. The number of hydrogen-bond donors (Lipinski definition) is 1. The van der Waals surface area contributed by atoms with Crippen LogP contribution < -0.4 is 5.32 Å². The van der Waals surface area contributed by atoms with Crippen LogP contribution in [0.2, 0.25) is 0 Å². The maximum absolute atomic E-state index is 3.45. The second-order valence-corrected chi connectivity index (χ2v) is 4.68. The molecule has 0 amide bonds. The lowest BCUT2D eigenvalue weighted by Crippen LogP contribution is -2.01. The van der Waals surface area contributed by atoms with Crippen LogP contribution in [0, 0.1) is 12.8 Å². The van der Waals surface area contributed by atoms with Gasteiger partial charge in [0, 0.05) is 12.2 Å². The molecule has 0 atom stereocenters. The molecule has 0 unspecified atom stereocenters. The number of hydrogen-bond acceptors (Lipinski definition) is 1. The van der Waals surface area contributed by atoms with Crippen molar-refractivity contribution in [3.63, 3.8) is 0 Å². The molecule has 1 N–H and O–H groups in total. The minimum absolute atomic E-state index is 0.837. The first kappa shape index (κ1) is 12.1. The minimum atomic E-state index is 0.837. The quantitative estimate of drug-likeness (QED) is 0.685. The highest BCUT2D eigenvalue weighted by Gasteiger charge is 1.94. The van der Waals surface area contributed by atoms with Crippen LogP contribution in [-0.2, 0) is 0 Å². The van der Waals surface area contributed by atoms with E-state index in [1.807, 2.05) is 0 Å². The Hall–Kier alpha value is -0.980. The number of aryl methyl sites for hydroxylation is 1. The van der Waals surface area contributed by atoms with Gasteiger partial charge in [0.2, 0.25) is 0 Å². The highest BCUT2D eigenvalue weighted by Crippen LogP contribution is 2.10. The molecule has 1 heteroatoms. The zero-order valence-electron chi connectivity index (χ0n) is 10.2. The first-order chi connectivity index (χ1) is 7.18. The fraction of sp³-hybridized carbons (Fsp3) is 0.571. The van der Waals surface area contributed by atoms with E-state index in [9.17, 15) is 0 Å². The molecule has 0 saturated carbocycles. The Kier molecular flexibility index (Phi) is 5.23. The number of nitrogens with one attached hydrogen (secondary N) is 1. The smallest absolute Gasteiger partial charge is 0.0340 e. The molecule has 1 rings (SSSR count). The van der Waals surface area contributed by atoms with E-state index in [-0.39, 0.29) is 0 Å². The molecule has 0 spiro atoms. The van der Waals surface area contributed by atoms with Gasteiger partial charge in [-0.15, -0.1) is 0 Å². The summed E-state index contributed by atoms with van der Waals surface area (Å²) >= 11 is 0. The summed E-state index contributed by atoms with van der Waals surface area (Å²) in [7, 11) is 0. The summed E-state index contributed by atoms with van der Waals surface area (Å²) in [6, 6.07) is 8.60. The summed E-state index contributed by atoms with van der Waals surface area (Å²) in [5.74, 6) is 0.837. The van der Waals surface area contributed by atoms with E-state index in [2.05, 4.69) is 50.4 Å². The average molecular weight is 205 g/mol. The summed E-state index contributed by atoms with van der Waals surface area (Å²) in [5.41, 5.74) is 2.56. The van der Waals surface area contributed by atoms with Gasteiger partial charge in [-0.2, -0.15) is 0 Å². The van der Waals surface area contributed by atoms with Crippen LogP contribution in [0.25, 0.3) is 0 Å². The standard InChI is InChI=1S/C14H23N/c1-12(2)6-4-5-11-15-14-9-7-13(3)8-10-14/h7-10,12,15H,4-6,11H2,1-3H3. The third kappa shape index (κ3) is 5.46. The molecule has 0 aliphatic rings. The van der Waals surface area contributed by atoms with Gasteiger partial charge >= 0.3 is 0 Å². The fourth-order valence-electron chi connectivity index (χ4n) is 1.58. The van der Waals surface area contributed by atoms with E-state index in [0.717, 1.165) is 12.5 Å². The van der Waals surface area contributed by atoms with E-state index >= 15 is 0 Å². The molecule has 0 bridgehead atoms. The molecule has 0 aromatic heterocycles. The molecular formula is C14H23N. The predicted octanol–water partition coefficient (Wildman–Crippen LogP) is 4.23. The van der Waals surface area contributed by atoms with Crippen molar-refractivity contribution in [2.75, 3.05) is 11.9 Å². The molecule has 0 fully saturated rings. The summed E-state index contributed by atoms with van der Waals surface area (Å²) in [5, 5.41) is 3.45. The molecule has 0 heterocycles. The van der Waals surface area contributed by atoms with Crippen molar-refractivity contribution in [3.8, 4) is 0 Å². The lowest BCUT2D eigenvalue weighted by atomic mass is 10.1. The zero-order valence-corrected chi connectivity index (χ0v) is 10.2. The highest BCUT2D eigenvalue weighted by atomic mass is 14.9. The lowest BCUT2D eigenvalue weighted by molar-refractivity contribution is 0.545. The lowest BCUT2D eigenvalue weighted by Gasteiger charge is -2.07. The Morgan fingerprint density at radius 1 is 1.07 bits per heavy atom. The van der Waals surface area contributed by atoms with Crippen molar-refractivity contribution in [1.29, 1.82) is 0 Å². The number of rotatable bonds is 6. The first-order valence-corrected chi connectivity index (χ1v) is 5.99. The highest BCUT2D eigenvalue weighted by molar-refractivity contribution is 5.44. The van der Waals surface area contributed by atoms with Crippen molar-refractivity contribution in [1.82, 2.24) is 0 Å². The van der Waals surface area contributed by atoms with Gasteiger partial charge in [0.1, 0.15) is 0 Å². The van der Waals surface area contributed by atoms with E-state index in [0.29, 0.717) is 0 Å². The van der Waals surface area contributed by atoms with Gasteiger partial charge in [-0.3, -0.25) is 0 Å². The van der Waals surface area contributed by atoms with E-state index in [1.54, 1.807) is 0 Å². The van der Waals surface area contributed by atoms with Gasteiger partial charge in [-0.05, 0) is 31.4 Å². The summed E-state index contributed by atoms with van der Waals surface area (Å²) in [6.07, 6.45) is 3.94. The van der Waals surface area contributed by atoms with Gasteiger partial charge < -0.3 is 5.32 Å². The summed E-state index contributed by atoms with van der Waals surface area (Å²) < 4.78 is 0. The van der Waals surface area contributed by atoms with Gasteiger partial charge in [-0.1, -0.05) is 44.4 Å². The van der Waals surface area contributed by atoms with Crippen molar-refractivity contribution in [2.24, 2.45) is 5.92 Å². The largest absolute Gasteiger partial charge is 0.385 e. The monoisotopic (exact) mass is 205 g/mol. The molecule has 84 valence electrons. The molecular weight excluding hydrogens is 182 g/mol. The molecule has 0 radical (unpaired) electrons. The predicted molar refractivity (Wildman–Crippen MR) is 68.4 cm³/mol. The Labute approximate surface area is 93.9 Å². The van der Waals surface area contributed by atoms with Gasteiger partial charge in [-0.25, -0.2) is 0 Å². The van der Waals surface area contributed by atoms with E-state index < -0.39 is 0 Å². The van der Waals surface area contributed by atoms with Crippen LogP contribution in [0.3, 0.4) is 0 Å². The topological polar surface area (TPSA) is 12.0 Å². The van der Waals surface area contributed by atoms with Crippen LogP contribution in [0.5, 0.6) is 0 Å². The molecule has 0 saturated heterocycles. The average Bonchev–Trinajstić information content (AvgIpc) is 2.20. The normalized spacial score (nSPS) is 10.7. The maximum atomic E-state index is 3.45. The van der Waals surface area contributed by atoms with E-state index in [4.69, 9.17) is 0 Å². The molecule has 0 aliphatic carbocycles. The third-order valence-electron chi connectivity index (χ3n) is 2.59. The van der Waals surface area contributed by atoms with Gasteiger partial charge in [0.05, 0.1) is 0 Å². The second-order valence-electron chi connectivity index (χ2n) is 4.68. The second kappa shape index (κ2) is 6.49. The van der Waals surface area contributed by atoms with Crippen LogP contribution in [-0.4, -0.2) is 6.54 Å². The van der Waals surface area contributed by atoms with Crippen molar-refractivity contribution in [3.05, 3.63) is 29.8 Å². The van der Waals surface area contributed by atoms with Crippen molar-refractivity contribution in [2.45, 2.75) is 40.0 Å². The molecule has 1 nitrogen and oxygen atoms in total. The zero-order chi connectivity index (χ0) is 11.1. The fourth-order valence-corrected chi connectivity index (χ4v) is 1.58. The molecule has 0 aliphatic heterocycles. The Morgan fingerprint density at radius 2 is 1.73 bits per heavy atom. The summed E-state index contributed by atoms with van der Waals surface area (Å²) in [4.78, 5) is 0. The van der Waals surface area contributed by atoms with Crippen molar-refractivity contribution >= 4 is 5.69 Å². The number of benzene rings is 1. The van der Waals surface area contributed by atoms with Crippen molar-refractivity contribution < 1.29 is 0 Å². The van der Waals surface area contributed by atoms with Crippen LogP contribution in [0.15, 0.2) is 24.3 Å². The Balaban J connectivity index is 2.12. The molecule has 15 heavy (non-hydrogen) atoms. The number of unbranched alkanes of at least 4 members (excludes halogenated alkanes) is 1. The maximum Gasteiger partial charge on any atom is 0.0340 e. The van der Waals surface area contributed by atoms with Crippen LogP contribution in [0.4, 0.5) is 5.69 Å². The Morgan fingerprint density at radius 3 is 2.33 bits per heavy atom. The molecule has 1 aromatic carbocycles. The van der Waals surface area contributed by atoms with Gasteiger partial charge in [0.25, 0.3) is 0 Å².